The third-order valence-corrected chi connectivity index (χ3v) is 3.70. The number of hydrogen-bond acceptors (Lipinski definition) is 3. The van der Waals surface area contributed by atoms with Gasteiger partial charge in [-0.25, -0.2) is 0 Å². The summed E-state index contributed by atoms with van der Waals surface area (Å²) in [6.07, 6.45) is 2.29. The largest absolute Gasteiger partial charge is 0.392 e. The van der Waals surface area contributed by atoms with Crippen molar-refractivity contribution in [2.45, 2.75) is 33.1 Å². The van der Waals surface area contributed by atoms with Crippen molar-refractivity contribution in [2.75, 3.05) is 13.1 Å². The number of carbonyl (C=O) groups excluding carboxylic acids is 2. The Morgan fingerprint density at radius 2 is 1.89 bits per heavy atom. The predicted molar refractivity (Wildman–Crippen MR) is 73.7 cm³/mol. The molecule has 0 aromatic carbocycles. The van der Waals surface area contributed by atoms with E-state index in [4.69, 9.17) is 23.7 Å². The summed E-state index contributed by atoms with van der Waals surface area (Å²) in [4.78, 5) is 25.3. The van der Waals surface area contributed by atoms with Gasteiger partial charge in [-0.15, -0.1) is 0 Å². The van der Waals surface area contributed by atoms with Crippen LogP contribution in [0, 0.1) is 11.3 Å². The summed E-state index contributed by atoms with van der Waals surface area (Å²) in [5, 5.41) is 0. The van der Waals surface area contributed by atoms with Crippen molar-refractivity contribution < 1.29 is 9.59 Å². The molecule has 0 saturated heterocycles. The van der Waals surface area contributed by atoms with Gasteiger partial charge >= 0.3 is 0 Å². The Labute approximate surface area is 113 Å². The first-order chi connectivity index (χ1) is 8.29. The summed E-state index contributed by atoms with van der Waals surface area (Å²) in [6, 6.07) is 0. The van der Waals surface area contributed by atoms with Gasteiger partial charge in [0.1, 0.15) is 0 Å². The van der Waals surface area contributed by atoms with Crippen LogP contribution in [-0.2, 0) is 9.59 Å². The van der Waals surface area contributed by atoms with Crippen molar-refractivity contribution in [3.05, 3.63) is 0 Å². The lowest BCUT2D eigenvalue weighted by Crippen LogP contribution is -2.56. The highest BCUT2D eigenvalue weighted by Crippen LogP contribution is 2.43. The van der Waals surface area contributed by atoms with E-state index in [-0.39, 0.29) is 23.4 Å². The molecule has 102 valence electrons. The fourth-order valence-corrected chi connectivity index (χ4v) is 2.54. The minimum absolute atomic E-state index is 0.0681. The van der Waals surface area contributed by atoms with Gasteiger partial charge in [-0.1, -0.05) is 32.5 Å². The molecule has 1 rings (SSSR count). The lowest BCUT2D eigenvalue weighted by molar-refractivity contribution is -0.145. The topological polar surface area (TPSA) is 89.4 Å². The van der Waals surface area contributed by atoms with Gasteiger partial charge in [0, 0.05) is 6.54 Å². The van der Waals surface area contributed by atoms with E-state index in [1.165, 1.54) is 4.90 Å². The lowest BCUT2D eigenvalue weighted by atomic mass is 9.67. The Morgan fingerprint density at radius 1 is 1.33 bits per heavy atom. The van der Waals surface area contributed by atoms with Crippen molar-refractivity contribution in [1.29, 1.82) is 0 Å². The standard InChI is InChI=1S/C12H21N3O2S/c1-8(2)6-15(7-9(13)16)11(17)12(10(14)18)4-3-5-12/h8H,3-7H2,1-2H3,(H2,13,16)(H2,14,18). The molecule has 6 heteroatoms. The second kappa shape index (κ2) is 5.65. The third kappa shape index (κ3) is 2.98. The first-order valence-corrected chi connectivity index (χ1v) is 6.58. The van der Waals surface area contributed by atoms with Crippen LogP contribution < -0.4 is 11.5 Å². The van der Waals surface area contributed by atoms with Gasteiger partial charge < -0.3 is 16.4 Å². The molecule has 0 heterocycles. The molecule has 1 aliphatic carbocycles. The molecule has 0 aromatic heterocycles. The molecule has 1 saturated carbocycles. The zero-order valence-electron chi connectivity index (χ0n) is 10.9. The van der Waals surface area contributed by atoms with Crippen molar-refractivity contribution >= 4 is 29.0 Å². The monoisotopic (exact) mass is 271 g/mol. The van der Waals surface area contributed by atoms with E-state index < -0.39 is 11.3 Å². The SMILES string of the molecule is CC(C)CN(CC(N)=O)C(=O)C1(C(N)=S)CCC1. The van der Waals surface area contributed by atoms with Gasteiger partial charge in [0.25, 0.3) is 0 Å². The zero-order chi connectivity index (χ0) is 13.9. The minimum atomic E-state index is -0.736. The molecule has 0 unspecified atom stereocenters. The Bertz CT molecular complexity index is 364. The molecule has 0 bridgehead atoms. The Morgan fingerprint density at radius 3 is 2.17 bits per heavy atom. The van der Waals surface area contributed by atoms with Crippen LogP contribution in [-0.4, -0.2) is 34.8 Å². The zero-order valence-corrected chi connectivity index (χ0v) is 11.8. The Hall–Kier alpha value is -1.17. The van der Waals surface area contributed by atoms with Crippen molar-refractivity contribution in [3.63, 3.8) is 0 Å². The van der Waals surface area contributed by atoms with Crippen LogP contribution >= 0.6 is 12.2 Å². The van der Waals surface area contributed by atoms with E-state index in [1.807, 2.05) is 13.8 Å². The quantitative estimate of drug-likeness (QED) is 0.685. The van der Waals surface area contributed by atoms with E-state index >= 15 is 0 Å². The third-order valence-electron chi connectivity index (χ3n) is 3.31. The molecule has 0 spiro atoms. The predicted octanol–water partition coefficient (Wildman–Crippen LogP) is 0.413. The van der Waals surface area contributed by atoms with Gasteiger partial charge in [-0.3, -0.25) is 9.59 Å². The Kier molecular flexibility index (Phi) is 4.67. The molecule has 4 N–H and O–H groups in total. The molecule has 0 radical (unpaired) electrons. The average molecular weight is 271 g/mol. The number of carbonyl (C=O) groups is 2. The normalized spacial score (nSPS) is 17.1. The summed E-state index contributed by atoms with van der Waals surface area (Å²) in [7, 11) is 0. The number of hydrogen-bond donors (Lipinski definition) is 2. The fraction of sp³-hybridized carbons (Fsp3) is 0.750. The molecule has 2 amide bonds. The summed E-state index contributed by atoms with van der Waals surface area (Å²) in [6.45, 7) is 4.39. The van der Waals surface area contributed by atoms with Crippen molar-refractivity contribution in [2.24, 2.45) is 22.8 Å². The van der Waals surface area contributed by atoms with E-state index in [9.17, 15) is 9.59 Å². The van der Waals surface area contributed by atoms with Gasteiger partial charge in [0.15, 0.2) is 0 Å². The summed E-state index contributed by atoms with van der Waals surface area (Å²) < 4.78 is 0. The highest BCUT2D eigenvalue weighted by Gasteiger charge is 2.49. The molecule has 0 atom stereocenters. The van der Waals surface area contributed by atoms with Crippen LogP contribution in [0.5, 0.6) is 0 Å². The van der Waals surface area contributed by atoms with Gasteiger partial charge in [-0.2, -0.15) is 0 Å². The molecule has 1 aliphatic rings. The number of rotatable bonds is 6. The maximum absolute atomic E-state index is 12.5. The highest BCUT2D eigenvalue weighted by molar-refractivity contribution is 7.80. The van der Waals surface area contributed by atoms with E-state index in [0.717, 1.165) is 6.42 Å². The average Bonchev–Trinajstić information content (AvgIpc) is 2.12. The fourth-order valence-electron chi connectivity index (χ4n) is 2.25. The maximum Gasteiger partial charge on any atom is 0.237 e. The van der Waals surface area contributed by atoms with Crippen molar-refractivity contribution in [1.82, 2.24) is 4.90 Å². The van der Waals surface area contributed by atoms with Crippen LogP contribution in [0.4, 0.5) is 0 Å². The van der Waals surface area contributed by atoms with Crippen molar-refractivity contribution in [3.8, 4) is 0 Å². The minimum Gasteiger partial charge on any atom is -0.392 e. The van der Waals surface area contributed by atoms with Crippen LogP contribution in [0.3, 0.4) is 0 Å². The van der Waals surface area contributed by atoms with Gasteiger partial charge in [-0.05, 0) is 18.8 Å². The summed E-state index contributed by atoms with van der Waals surface area (Å²) in [5.41, 5.74) is 10.2. The van der Waals surface area contributed by atoms with E-state index in [2.05, 4.69) is 0 Å². The number of amides is 2. The first-order valence-electron chi connectivity index (χ1n) is 6.17. The number of primary amides is 1. The Balaban J connectivity index is 2.87. The molecular formula is C12H21N3O2S. The van der Waals surface area contributed by atoms with Crippen LogP contribution in [0.1, 0.15) is 33.1 Å². The second-order valence-corrected chi connectivity index (χ2v) is 5.79. The second-order valence-electron chi connectivity index (χ2n) is 5.35. The van der Waals surface area contributed by atoms with E-state index in [1.54, 1.807) is 0 Å². The molecular weight excluding hydrogens is 250 g/mol. The maximum atomic E-state index is 12.5. The molecule has 0 aromatic rings. The summed E-state index contributed by atoms with van der Waals surface area (Å²) in [5.74, 6) is -0.396. The molecule has 0 aliphatic heterocycles. The van der Waals surface area contributed by atoms with Crippen LogP contribution in [0.15, 0.2) is 0 Å². The number of thiocarbonyl (C=S) groups is 1. The summed E-state index contributed by atoms with van der Waals surface area (Å²) >= 11 is 5.02. The van der Waals surface area contributed by atoms with Gasteiger partial charge in [0.2, 0.25) is 11.8 Å². The van der Waals surface area contributed by atoms with Crippen LogP contribution in [0.2, 0.25) is 0 Å². The van der Waals surface area contributed by atoms with Crippen LogP contribution in [0.25, 0.3) is 0 Å². The number of nitrogens with zero attached hydrogens (tertiary/aromatic N) is 1. The molecule has 18 heavy (non-hydrogen) atoms. The molecule has 1 fully saturated rings. The first kappa shape index (κ1) is 14.9. The highest BCUT2D eigenvalue weighted by atomic mass is 32.1. The smallest absolute Gasteiger partial charge is 0.237 e. The lowest BCUT2D eigenvalue weighted by Gasteiger charge is -2.42. The number of nitrogens with two attached hydrogens (primary N) is 2. The van der Waals surface area contributed by atoms with Gasteiger partial charge in [0.05, 0.1) is 16.9 Å². The molecule has 5 nitrogen and oxygen atoms in total. The van der Waals surface area contributed by atoms with E-state index in [0.29, 0.717) is 19.4 Å².